The minimum atomic E-state index is 0.193. The molecule has 2 nitrogen and oxygen atoms in total. The Morgan fingerprint density at radius 1 is 0.613 bits per heavy atom. The van der Waals surface area contributed by atoms with Crippen LogP contribution in [0.25, 0.3) is 0 Å². The van der Waals surface area contributed by atoms with Gasteiger partial charge in [0.1, 0.15) is 5.75 Å². The summed E-state index contributed by atoms with van der Waals surface area (Å²) in [5.41, 5.74) is 1.29. The van der Waals surface area contributed by atoms with Gasteiger partial charge in [0.2, 0.25) is 0 Å². The van der Waals surface area contributed by atoms with Crippen LogP contribution in [0.4, 0.5) is 0 Å². The number of aromatic hydroxyl groups is 1. The number of hydrogen-bond donors (Lipinski definition) is 1. The molecule has 1 N–H and O–H groups in total. The fourth-order valence-corrected chi connectivity index (χ4v) is 4.37. The Morgan fingerprint density at radius 3 is 1.74 bits per heavy atom. The first-order chi connectivity index (χ1) is 15.3. The minimum Gasteiger partial charge on any atom is -0.504 e. The molecule has 2 aromatic carbocycles. The highest BCUT2D eigenvalue weighted by Crippen LogP contribution is 2.38. The predicted octanol–water partition coefficient (Wildman–Crippen LogP) is 9.77. The van der Waals surface area contributed by atoms with Crippen molar-refractivity contribution in [1.29, 1.82) is 0 Å². The SMILES string of the molecule is CCCCCCCCCCCC(CCCCC)c1ccccc1Oc1ccccc1O. The van der Waals surface area contributed by atoms with Gasteiger partial charge in [0, 0.05) is 0 Å². The number of benzene rings is 2. The lowest BCUT2D eigenvalue weighted by molar-refractivity contribution is 0.402. The maximum absolute atomic E-state index is 10.1. The smallest absolute Gasteiger partial charge is 0.169 e. The molecule has 0 fully saturated rings. The highest BCUT2D eigenvalue weighted by Gasteiger charge is 2.17. The van der Waals surface area contributed by atoms with Crippen molar-refractivity contribution < 1.29 is 9.84 Å². The zero-order chi connectivity index (χ0) is 22.2. The molecule has 0 amide bonds. The van der Waals surface area contributed by atoms with Crippen LogP contribution < -0.4 is 4.74 Å². The second-order valence-electron chi connectivity index (χ2n) is 8.92. The molecule has 2 aromatic rings. The van der Waals surface area contributed by atoms with Crippen LogP contribution in [0.2, 0.25) is 0 Å². The first-order valence-corrected chi connectivity index (χ1v) is 12.8. The van der Waals surface area contributed by atoms with Crippen molar-refractivity contribution in [1.82, 2.24) is 0 Å². The van der Waals surface area contributed by atoms with Crippen molar-refractivity contribution in [3.05, 3.63) is 54.1 Å². The molecule has 0 bridgehead atoms. The van der Waals surface area contributed by atoms with Gasteiger partial charge in [-0.2, -0.15) is 0 Å². The van der Waals surface area contributed by atoms with E-state index in [2.05, 4.69) is 26.0 Å². The lowest BCUT2D eigenvalue weighted by Crippen LogP contribution is -2.02. The molecule has 1 atom stereocenters. The highest BCUT2D eigenvalue weighted by atomic mass is 16.5. The number of para-hydroxylation sites is 3. The van der Waals surface area contributed by atoms with Gasteiger partial charge in [-0.05, 0) is 42.5 Å². The molecule has 172 valence electrons. The van der Waals surface area contributed by atoms with Crippen LogP contribution >= 0.6 is 0 Å². The zero-order valence-electron chi connectivity index (χ0n) is 20.0. The fraction of sp³-hybridized carbons (Fsp3) is 0.586. The van der Waals surface area contributed by atoms with Crippen molar-refractivity contribution in [2.75, 3.05) is 0 Å². The second kappa shape index (κ2) is 15.8. The van der Waals surface area contributed by atoms with Gasteiger partial charge < -0.3 is 9.84 Å². The minimum absolute atomic E-state index is 0.193. The molecule has 0 aliphatic heterocycles. The lowest BCUT2D eigenvalue weighted by Gasteiger charge is -2.21. The number of rotatable bonds is 17. The molecule has 0 saturated carbocycles. The zero-order valence-corrected chi connectivity index (χ0v) is 20.0. The molecule has 0 radical (unpaired) electrons. The Morgan fingerprint density at radius 2 is 1.10 bits per heavy atom. The van der Waals surface area contributed by atoms with Gasteiger partial charge >= 0.3 is 0 Å². The van der Waals surface area contributed by atoms with E-state index in [1.807, 2.05) is 30.3 Å². The normalized spacial score (nSPS) is 12.1. The summed E-state index contributed by atoms with van der Waals surface area (Å²) in [6.07, 6.45) is 18.5. The molecular formula is C29H44O2. The van der Waals surface area contributed by atoms with Gasteiger partial charge in [-0.25, -0.2) is 0 Å². The average molecular weight is 425 g/mol. The van der Waals surface area contributed by atoms with Crippen LogP contribution in [0.3, 0.4) is 0 Å². The van der Waals surface area contributed by atoms with E-state index in [0.29, 0.717) is 11.7 Å². The molecule has 0 aliphatic carbocycles. The summed E-state index contributed by atoms with van der Waals surface area (Å²) in [4.78, 5) is 0. The standard InChI is InChI=1S/C29H44O2/c1-3-5-7-8-9-10-11-12-14-20-25(19-13-6-4-2)26-21-15-17-23-28(26)31-29-24-18-16-22-27(29)30/h15-18,21-25,30H,3-14,19-20H2,1-2H3. The van der Waals surface area contributed by atoms with E-state index in [-0.39, 0.29) is 5.75 Å². The Balaban J connectivity index is 1.92. The Kier molecular flexibility index (Phi) is 12.9. The van der Waals surface area contributed by atoms with E-state index in [1.54, 1.807) is 6.07 Å². The Hall–Kier alpha value is -1.96. The van der Waals surface area contributed by atoms with Gasteiger partial charge in [-0.15, -0.1) is 0 Å². The number of phenols is 1. The lowest BCUT2D eigenvalue weighted by atomic mass is 9.87. The van der Waals surface area contributed by atoms with Crippen LogP contribution in [-0.4, -0.2) is 5.11 Å². The van der Waals surface area contributed by atoms with E-state index in [1.165, 1.54) is 95.5 Å². The van der Waals surface area contributed by atoms with E-state index < -0.39 is 0 Å². The van der Waals surface area contributed by atoms with Crippen molar-refractivity contribution >= 4 is 0 Å². The third-order valence-corrected chi connectivity index (χ3v) is 6.26. The molecule has 0 aromatic heterocycles. The van der Waals surface area contributed by atoms with Gasteiger partial charge in [-0.3, -0.25) is 0 Å². The van der Waals surface area contributed by atoms with E-state index in [4.69, 9.17) is 4.74 Å². The average Bonchev–Trinajstić information content (AvgIpc) is 2.79. The largest absolute Gasteiger partial charge is 0.504 e. The fourth-order valence-electron chi connectivity index (χ4n) is 4.37. The third kappa shape index (κ3) is 9.80. The summed E-state index contributed by atoms with van der Waals surface area (Å²) >= 11 is 0. The van der Waals surface area contributed by atoms with E-state index in [0.717, 1.165) is 5.75 Å². The summed E-state index contributed by atoms with van der Waals surface area (Å²) in [7, 11) is 0. The Labute approximate surface area is 191 Å². The van der Waals surface area contributed by atoms with E-state index >= 15 is 0 Å². The van der Waals surface area contributed by atoms with Crippen molar-refractivity contribution in [2.24, 2.45) is 0 Å². The highest BCUT2D eigenvalue weighted by molar-refractivity contribution is 5.45. The molecule has 0 saturated heterocycles. The molecule has 0 spiro atoms. The second-order valence-corrected chi connectivity index (χ2v) is 8.92. The predicted molar refractivity (Wildman–Crippen MR) is 133 cm³/mol. The van der Waals surface area contributed by atoms with Gasteiger partial charge in [0.15, 0.2) is 11.5 Å². The number of unbranched alkanes of at least 4 members (excludes halogenated alkanes) is 10. The Bertz CT molecular complexity index is 709. The number of hydrogen-bond acceptors (Lipinski definition) is 2. The number of phenolic OH excluding ortho intramolecular Hbond substituents is 1. The quantitative estimate of drug-likeness (QED) is 0.256. The van der Waals surface area contributed by atoms with Crippen LogP contribution in [0.5, 0.6) is 17.2 Å². The topological polar surface area (TPSA) is 29.5 Å². The summed E-state index contributed by atoms with van der Waals surface area (Å²) in [5, 5.41) is 10.1. The molecule has 0 aliphatic rings. The molecule has 2 heteroatoms. The van der Waals surface area contributed by atoms with Gasteiger partial charge in [0.25, 0.3) is 0 Å². The molecule has 1 unspecified atom stereocenters. The summed E-state index contributed by atoms with van der Waals surface area (Å²) < 4.78 is 6.17. The van der Waals surface area contributed by atoms with Crippen LogP contribution in [-0.2, 0) is 0 Å². The van der Waals surface area contributed by atoms with Crippen LogP contribution in [0.1, 0.15) is 115 Å². The van der Waals surface area contributed by atoms with Crippen molar-refractivity contribution in [3.63, 3.8) is 0 Å². The number of ether oxygens (including phenoxy) is 1. The van der Waals surface area contributed by atoms with Gasteiger partial charge in [0.05, 0.1) is 0 Å². The van der Waals surface area contributed by atoms with E-state index in [9.17, 15) is 5.11 Å². The maximum Gasteiger partial charge on any atom is 0.169 e. The summed E-state index contributed by atoms with van der Waals surface area (Å²) in [5.74, 6) is 2.14. The third-order valence-electron chi connectivity index (χ3n) is 6.26. The van der Waals surface area contributed by atoms with Crippen LogP contribution in [0, 0.1) is 0 Å². The first-order valence-electron chi connectivity index (χ1n) is 12.8. The van der Waals surface area contributed by atoms with Crippen LogP contribution in [0.15, 0.2) is 48.5 Å². The van der Waals surface area contributed by atoms with Gasteiger partial charge in [-0.1, -0.05) is 121 Å². The van der Waals surface area contributed by atoms with Crippen molar-refractivity contribution in [3.8, 4) is 17.2 Å². The first kappa shape index (κ1) is 25.3. The molecule has 0 heterocycles. The molecule has 2 rings (SSSR count). The monoisotopic (exact) mass is 424 g/mol. The molecular weight excluding hydrogens is 380 g/mol. The maximum atomic E-state index is 10.1. The summed E-state index contributed by atoms with van der Waals surface area (Å²) in [6.45, 7) is 4.55. The van der Waals surface area contributed by atoms with Crippen molar-refractivity contribution in [2.45, 2.75) is 110 Å². The summed E-state index contributed by atoms with van der Waals surface area (Å²) in [6, 6.07) is 15.7. The molecule has 31 heavy (non-hydrogen) atoms.